The van der Waals surface area contributed by atoms with Gasteiger partial charge in [0.1, 0.15) is 11.5 Å². The fraction of sp³-hybridized carbons (Fsp3) is 0.600. The van der Waals surface area contributed by atoms with Gasteiger partial charge in [-0.1, -0.05) is 0 Å². The van der Waals surface area contributed by atoms with Crippen LogP contribution in [0.4, 0.5) is 0 Å². The minimum atomic E-state index is 0.134. The highest BCUT2D eigenvalue weighted by molar-refractivity contribution is 5.19. The number of rotatable bonds is 4. The first kappa shape index (κ1) is 10.3. The average molecular weight is 183 g/mol. The van der Waals surface area contributed by atoms with E-state index < -0.39 is 0 Å². The van der Waals surface area contributed by atoms with E-state index in [2.05, 4.69) is 5.32 Å². The molecule has 3 heteroatoms. The van der Waals surface area contributed by atoms with Crippen LogP contribution in [0.2, 0.25) is 0 Å². The number of furan rings is 1. The molecule has 13 heavy (non-hydrogen) atoms. The molecule has 74 valence electrons. The molecule has 1 atom stereocenters. The third kappa shape index (κ3) is 2.86. The molecule has 1 heterocycles. The molecule has 0 unspecified atom stereocenters. The molecule has 1 aromatic rings. The van der Waals surface area contributed by atoms with Crippen LogP contribution in [0, 0.1) is 13.8 Å². The third-order valence-electron chi connectivity index (χ3n) is 2.06. The van der Waals surface area contributed by atoms with Gasteiger partial charge in [-0.15, -0.1) is 0 Å². The second kappa shape index (κ2) is 4.44. The molecular weight excluding hydrogens is 166 g/mol. The number of nitrogens with one attached hydrogen (secondary N) is 1. The van der Waals surface area contributed by atoms with Gasteiger partial charge in [0.2, 0.25) is 0 Å². The maximum Gasteiger partial charge on any atom is 0.105 e. The average Bonchev–Trinajstić information content (AvgIpc) is 2.41. The fourth-order valence-electron chi connectivity index (χ4n) is 1.21. The molecule has 0 amide bonds. The summed E-state index contributed by atoms with van der Waals surface area (Å²) in [6.45, 7) is 6.75. The Morgan fingerprint density at radius 2 is 2.23 bits per heavy atom. The van der Waals surface area contributed by atoms with Gasteiger partial charge in [0.05, 0.1) is 6.61 Å². The Kier molecular flexibility index (Phi) is 3.51. The molecule has 0 aliphatic heterocycles. The molecule has 0 saturated carbocycles. The molecule has 0 saturated heterocycles. The van der Waals surface area contributed by atoms with Crippen molar-refractivity contribution in [3.63, 3.8) is 0 Å². The highest BCUT2D eigenvalue weighted by Gasteiger charge is 2.05. The number of aliphatic hydroxyl groups is 1. The SMILES string of the molecule is Cc1cc(CN[C@@H](C)CO)c(C)o1. The Balaban J connectivity index is 2.49. The highest BCUT2D eigenvalue weighted by Crippen LogP contribution is 2.13. The van der Waals surface area contributed by atoms with E-state index in [0.717, 1.165) is 23.6 Å². The molecule has 0 aromatic carbocycles. The molecule has 0 radical (unpaired) electrons. The summed E-state index contributed by atoms with van der Waals surface area (Å²) in [5.41, 5.74) is 1.16. The van der Waals surface area contributed by atoms with Crippen LogP contribution in [-0.2, 0) is 6.54 Å². The van der Waals surface area contributed by atoms with Gasteiger partial charge in [0, 0.05) is 18.2 Å². The molecule has 3 nitrogen and oxygen atoms in total. The highest BCUT2D eigenvalue weighted by atomic mass is 16.3. The summed E-state index contributed by atoms with van der Waals surface area (Å²) in [5.74, 6) is 1.89. The Labute approximate surface area is 78.8 Å². The topological polar surface area (TPSA) is 45.4 Å². The second-order valence-corrected chi connectivity index (χ2v) is 3.40. The van der Waals surface area contributed by atoms with Crippen molar-refractivity contribution in [3.05, 3.63) is 23.2 Å². The quantitative estimate of drug-likeness (QED) is 0.741. The minimum absolute atomic E-state index is 0.134. The van der Waals surface area contributed by atoms with E-state index >= 15 is 0 Å². The smallest absolute Gasteiger partial charge is 0.105 e. The molecule has 0 bridgehead atoms. The standard InChI is InChI=1S/C10H17NO2/c1-7(6-12)11-5-10-4-8(2)13-9(10)3/h4,7,11-12H,5-6H2,1-3H3/t7-/m0/s1. The third-order valence-corrected chi connectivity index (χ3v) is 2.06. The summed E-state index contributed by atoms with van der Waals surface area (Å²) >= 11 is 0. The lowest BCUT2D eigenvalue weighted by molar-refractivity contribution is 0.251. The van der Waals surface area contributed by atoms with Crippen LogP contribution >= 0.6 is 0 Å². The molecule has 0 aliphatic rings. The lowest BCUT2D eigenvalue weighted by Crippen LogP contribution is -2.28. The van der Waals surface area contributed by atoms with E-state index in [-0.39, 0.29) is 12.6 Å². The van der Waals surface area contributed by atoms with Gasteiger partial charge in [-0.2, -0.15) is 0 Å². The summed E-state index contributed by atoms with van der Waals surface area (Å²) < 4.78 is 5.38. The van der Waals surface area contributed by atoms with Crippen LogP contribution < -0.4 is 5.32 Å². The summed E-state index contributed by atoms with van der Waals surface area (Å²) in [6.07, 6.45) is 0. The first-order valence-electron chi connectivity index (χ1n) is 4.53. The lowest BCUT2D eigenvalue weighted by atomic mass is 10.2. The van der Waals surface area contributed by atoms with Gasteiger partial charge in [0.25, 0.3) is 0 Å². The van der Waals surface area contributed by atoms with Crippen LogP contribution in [0.3, 0.4) is 0 Å². The van der Waals surface area contributed by atoms with Crippen molar-refractivity contribution in [2.24, 2.45) is 0 Å². The molecule has 0 aliphatic carbocycles. The van der Waals surface area contributed by atoms with Crippen molar-refractivity contribution >= 4 is 0 Å². The fourth-order valence-corrected chi connectivity index (χ4v) is 1.21. The Hall–Kier alpha value is -0.800. The van der Waals surface area contributed by atoms with E-state index in [1.54, 1.807) is 0 Å². The number of hydrogen-bond acceptors (Lipinski definition) is 3. The van der Waals surface area contributed by atoms with Crippen LogP contribution in [0.1, 0.15) is 24.0 Å². The molecule has 2 N–H and O–H groups in total. The molecule has 0 fully saturated rings. The first-order valence-corrected chi connectivity index (χ1v) is 4.53. The Morgan fingerprint density at radius 3 is 2.69 bits per heavy atom. The summed E-state index contributed by atoms with van der Waals surface area (Å²) in [4.78, 5) is 0. The lowest BCUT2D eigenvalue weighted by Gasteiger charge is -2.09. The van der Waals surface area contributed by atoms with Gasteiger partial charge in [0.15, 0.2) is 0 Å². The zero-order chi connectivity index (χ0) is 9.84. The van der Waals surface area contributed by atoms with E-state index in [4.69, 9.17) is 9.52 Å². The summed E-state index contributed by atoms with van der Waals surface area (Å²) in [7, 11) is 0. The maximum absolute atomic E-state index is 8.80. The van der Waals surface area contributed by atoms with Gasteiger partial charge in [-0.3, -0.25) is 0 Å². The number of aliphatic hydroxyl groups excluding tert-OH is 1. The number of aryl methyl sites for hydroxylation is 2. The van der Waals surface area contributed by atoms with Gasteiger partial charge >= 0.3 is 0 Å². The van der Waals surface area contributed by atoms with Crippen LogP contribution in [0.5, 0.6) is 0 Å². The van der Waals surface area contributed by atoms with Crippen molar-refractivity contribution < 1.29 is 9.52 Å². The van der Waals surface area contributed by atoms with Gasteiger partial charge in [-0.05, 0) is 26.8 Å². The predicted molar refractivity (Wildman–Crippen MR) is 51.6 cm³/mol. The zero-order valence-corrected chi connectivity index (χ0v) is 8.42. The second-order valence-electron chi connectivity index (χ2n) is 3.40. The molecule has 1 rings (SSSR count). The van der Waals surface area contributed by atoms with Crippen LogP contribution in [0.25, 0.3) is 0 Å². The normalized spacial score (nSPS) is 13.2. The number of hydrogen-bond donors (Lipinski definition) is 2. The van der Waals surface area contributed by atoms with E-state index in [1.807, 2.05) is 26.8 Å². The van der Waals surface area contributed by atoms with Crippen molar-refractivity contribution in [2.45, 2.75) is 33.4 Å². The van der Waals surface area contributed by atoms with Crippen LogP contribution in [0.15, 0.2) is 10.5 Å². The van der Waals surface area contributed by atoms with Crippen molar-refractivity contribution in [1.82, 2.24) is 5.32 Å². The van der Waals surface area contributed by atoms with E-state index in [1.165, 1.54) is 0 Å². The monoisotopic (exact) mass is 183 g/mol. The first-order chi connectivity index (χ1) is 6.13. The zero-order valence-electron chi connectivity index (χ0n) is 8.42. The largest absolute Gasteiger partial charge is 0.466 e. The maximum atomic E-state index is 8.80. The summed E-state index contributed by atoms with van der Waals surface area (Å²) in [5, 5.41) is 12.0. The van der Waals surface area contributed by atoms with Gasteiger partial charge < -0.3 is 14.8 Å². The Morgan fingerprint density at radius 1 is 1.54 bits per heavy atom. The van der Waals surface area contributed by atoms with Gasteiger partial charge in [-0.25, -0.2) is 0 Å². The van der Waals surface area contributed by atoms with E-state index in [0.29, 0.717) is 0 Å². The molecule has 1 aromatic heterocycles. The van der Waals surface area contributed by atoms with E-state index in [9.17, 15) is 0 Å². The van der Waals surface area contributed by atoms with Crippen molar-refractivity contribution in [2.75, 3.05) is 6.61 Å². The van der Waals surface area contributed by atoms with Crippen LogP contribution in [-0.4, -0.2) is 17.8 Å². The predicted octanol–water partition coefficient (Wildman–Crippen LogP) is 1.37. The Bertz CT molecular complexity index is 268. The summed E-state index contributed by atoms with van der Waals surface area (Å²) in [6, 6.07) is 2.15. The van der Waals surface area contributed by atoms with Crippen molar-refractivity contribution in [3.8, 4) is 0 Å². The van der Waals surface area contributed by atoms with Crippen molar-refractivity contribution in [1.29, 1.82) is 0 Å². The molecule has 0 spiro atoms. The minimum Gasteiger partial charge on any atom is -0.466 e. The molecular formula is C10H17NO2.